The minimum atomic E-state index is -0.957. The first-order valence-electron chi connectivity index (χ1n) is 13.2. The number of benzene rings is 3. The van der Waals surface area contributed by atoms with E-state index >= 15 is 0 Å². The average Bonchev–Trinajstić information content (AvgIpc) is 2.95. The maximum Gasteiger partial charge on any atom is 0.263 e. The highest BCUT2D eigenvalue weighted by atomic mass is 35.5. The molecule has 0 radical (unpaired) electrons. The fraction of sp³-hybridized carbons (Fsp3) is 0.300. The molecule has 4 aliphatic rings. The molecule has 1 atom stereocenters. The first kappa shape index (κ1) is 28.1. The number of hydrogen-bond donors (Lipinski definition) is 2. The predicted octanol–water partition coefficient (Wildman–Crippen LogP) is 4.54. The van der Waals surface area contributed by atoms with Crippen molar-refractivity contribution in [1.82, 2.24) is 10.6 Å². The fourth-order valence-electron chi connectivity index (χ4n) is 5.94. The SMILES string of the molecule is COc1cccc(C(=O)N2CC(C(=O)NC34CC(NC(=O)COc5ccc(Cl)c(F)c5)(C3)C4)Oc3ccc(Cl)cc32)c1. The van der Waals surface area contributed by atoms with E-state index in [0.29, 0.717) is 47.0 Å². The summed E-state index contributed by atoms with van der Waals surface area (Å²) < 4.78 is 30.2. The zero-order chi connectivity index (χ0) is 29.6. The Kier molecular flexibility index (Phi) is 7.14. The lowest BCUT2D eigenvalue weighted by atomic mass is 9.44. The highest BCUT2D eigenvalue weighted by molar-refractivity contribution is 6.31. The van der Waals surface area contributed by atoms with Gasteiger partial charge in [-0.2, -0.15) is 0 Å². The van der Waals surface area contributed by atoms with Crippen molar-refractivity contribution in [3.8, 4) is 17.2 Å². The lowest BCUT2D eigenvalue weighted by Crippen LogP contribution is -2.84. The molecule has 1 unspecified atom stereocenters. The Morgan fingerprint density at radius 1 is 1.00 bits per heavy atom. The molecule has 3 aliphatic carbocycles. The molecule has 9 nitrogen and oxygen atoms in total. The Hall–Kier alpha value is -4.02. The summed E-state index contributed by atoms with van der Waals surface area (Å²) in [6.07, 6.45) is 0.705. The minimum absolute atomic E-state index is 0.0180. The molecule has 2 bridgehead atoms. The monoisotopic (exact) mass is 613 g/mol. The Balaban J connectivity index is 1.07. The first-order chi connectivity index (χ1) is 20.1. The molecule has 42 heavy (non-hydrogen) atoms. The minimum Gasteiger partial charge on any atom is -0.497 e. The predicted molar refractivity (Wildman–Crippen MR) is 153 cm³/mol. The fourth-order valence-corrected chi connectivity index (χ4v) is 6.22. The van der Waals surface area contributed by atoms with Crippen LogP contribution in [-0.4, -0.2) is 55.2 Å². The Morgan fingerprint density at radius 3 is 2.50 bits per heavy atom. The van der Waals surface area contributed by atoms with Gasteiger partial charge in [0.15, 0.2) is 12.7 Å². The van der Waals surface area contributed by atoms with E-state index in [0.717, 1.165) is 6.07 Å². The van der Waals surface area contributed by atoms with E-state index < -0.39 is 23.0 Å². The van der Waals surface area contributed by atoms with Crippen molar-refractivity contribution >= 4 is 46.6 Å². The molecule has 3 aromatic carbocycles. The van der Waals surface area contributed by atoms with Gasteiger partial charge in [-0.05, 0) is 67.8 Å². The molecule has 0 saturated heterocycles. The molecule has 1 aliphatic heterocycles. The number of nitrogens with one attached hydrogen (secondary N) is 2. The number of anilines is 1. The van der Waals surface area contributed by atoms with Gasteiger partial charge in [0.25, 0.3) is 17.7 Å². The number of rotatable bonds is 8. The maximum absolute atomic E-state index is 13.6. The van der Waals surface area contributed by atoms with Crippen LogP contribution in [0.3, 0.4) is 0 Å². The zero-order valence-electron chi connectivity index (χ0n) is 22.4. The number of ether oxygens (including phenoxy) is 3. The molecule has 218 valence electrons. The van der Waals surface area contributed by atoms with Crippen LogP contribution >= 0.6 is 23.2 Å². The number of carbonyl (C=O) groups is 3. The summed E-state index contributed by atoms with van der Waals surface area (Å²) in [6.45, 7) is -0.297. The van der Waals surface area contributed by atoms with E-state index in [1.807, 2.05) is 0 Å². The normalized spacial score (nSPS) is 23.3. The summed E-state index contributed by atoms with van der Waals surface area (Å²) in [4.78, 5) is 40.9. The summed E-state index contributed by atoms with van der Waals surface area (Å²) in [5.74, 6) is -0.561. The van der Waals surface area contributed by atoms with Gasteiger partial charge in [0.05, 0.1) is 24.4 Å². The van der Waals surface area contributed by atoms with Gasteiger partial charge in [-0.15, -0.1) is 0 Å². The molecule has 1 heterocycles. The van der Waals surface area contributed by atoms with Gasteiger partial charge in [-0.25, -0.2) is 4.39 Å². The van der Waals surface area contributed by atoms with Crippen molar-refractivity contribution in [3.63, 3.8) is 0 Å². The molecule has 3 amide bonds. The Bertz CT molecular complexity index is 1580. The average molecular weight is 614 g/mol. The van der Waals surface area contributed by atoms with Crippen LogP contribution in [0.4, 0.5) is 10.1 Å². The van der Waals surface area contributed by atoms with Crippen LogP contribution in [0.2, 0.25) is 10.0 Å². The molecule has 3 aromatic rings. The Morgan fingerprint density at radius 2 is 1.76 bits per heavy atom. The van der Waals surface area contributed by atoms with E-state index in [1.165, 1.54) is 24.1 Å². The van der Waals surface area contributed by atoms with Crippen LogP contribution < -0.4 is 29.7 Å². The molecule has 2 N–H and O–H groups in total. The summed E-state index contributed by atoms with van der Waals surface area (Å²) in [7, 11) is 1.52. The summed E-state index contributed by atoms with van der Waals surface area (Å²) in [5, 5.41) is 6.42. The second-order valence-electron chi connectivity index (χ2n) is 10.9. The second-order valence-corrected chi connectivity index (χ2v) is 11.7. The van der Waals surface area contributed by atoms with Gasteiger partial charge in [-0.3, -0.25) is 14.4 Å². The van der Waals surface area contributed by atoms with Crippen LogP contribution in [0.5, 0.6) is 17.2 Å². The van der Waals surface area contributed by atoms with Crippen LogP contribution in [0.15, 0.2) is 60.7 Å². The van der Waals surface area contributed by atoms with Crippen molar-refractivity contribution in [2.45, 2.75) is 36.4 Å². The molecule has 0 spiro atoms. The Labute approximate surface area is 250 Å². The van der Waals surface area contributed by atoms with Crippen molar-refractivity contribution in [2.24, 2.45) is 0 Å². The highest BCUT2D eigenvalue weighted by Gasteiger charge is 2.69. The lowest BCUT2D eigenvalue weighted by Gasteiger charge is -2.70. The lowest BCUT2D eigenvalue weighted by molar-refractivity contribution is -0.153. The van der Waals surface area contributed by atoms with E-state index in [2.05, 4.69) is 10.6 Å². The topological polar surface area (TPSA) is 106 Å². The van der Waals surface area contributed by atoms with E-state index in [4.69, 9.17) is 37.4 Å². The number of halogens is 3. The summed E-state index contributed by atoms with van der Waals surface area (Å²) in [6, 6.07) is 15.6. The molecule has 7 rings (SSSR count). The second kappa shape index (κ2) is 10.7. The van der Waals surface area contributed by atoms with Gasteiger partial charge in [0, 0.05) is 27.7 Å². The van der Waals surface area contributed by atoms with Crippen LogP contribution in [0, 0.1) is 5.82 Å². The summed E-state index contributed by atoms with van der Waals surface area (Å²) in [5.41, 5.74) is -0.0291. The first-order valence-corrected chi connectivity index (χ1v) is 14.0. The number of hydrogen-bond acceptors (Lipinski definition) is 6. The molecule has 3 fully saturated rings. The maximum atomic E-state index is 13.6. The van der Waals surface area contributed by atoms with Gasteiger partial charge in [0.2, 0.25) is 0 Å². The third-order valence-electron chi connectivity index (χ3n) is 7.77. The van der Waals surface area contributed by atoms with Crippen molar-refractivity contribution in [3.05, 3.63) is 82.1 Å². The quantitative estimate of drug-likeness (QED) is 0.386. The zero-order valence-corrected chi connectivity index (χ0v) is 23.9. The van der Waals surface area contributed by atoms with Crippen LogP contribution in [-0.2, 0) is 9.59 Å². The van der Waals surface area contributed by atoms with Crippen LogP contribution in [0.1, 0.15) is 29.6 Å². The summed E-state index contributed by atoms with van der Waals surface area (Å²) >= 11 is 11.9. The van der Waals surface area contributed by atoms with E-state index in [9.17, 15) is 18.8 Å². The third kappa shape index (κ3) is 5.32. The molecule has 12 heteroatoms. The smallest absolute Gasteiger partial charge is 0.263 e. The number of fused-ring (bicyclic) bond motifs is 1. The van der Waals surface area contributed by atoms with Gasteiger partial charge >= 0.3 is 0 Å². The largest absolute Gasteiger partial charge is 0.497 e. The molecular formula is C30H26Cl2FN3O6. The van der Waals surface area contributed by atoms with Gasteiger partial charge in [0.1, 0.15) is 23.1 Å². The van der Waals surface area contributed by atoms with Gasteiger partial charge < -0.3 is 29.7 Å². The number of carbonyl (C=O) groups excluding carboxylic acids is 3. The number of methoxy groups -OCH3 is 1. The standard InChI is InChI=1S/C30H26Cl2FN3O6/c1-40-19-4-2-3-17(9-19)28(39)36-12-25(42-24-8-5-18(31)10-23(24)36)27(38)35-30-14-29(15-30,16-30)34-26(37)13-41-20-6-7-21(32)22(33)11-20/h2-11,25H,12-16H2,1H3,(H,34,37)(H,35,38). The highest BCUT2D eigenvalue weighted by Crippen LogP contribution is 2.60. The number of amides is 3. The molecule has 0 aromatic heterocycles. The van der Waals surface area contributed by atoms with Crippen molar-refractivity contribution in [2.75, 3.05) is 25.2 Å². The van der Waals surface area contributed by atoms with Crippen LogP contribution in [0.25, 0.3) is 0 Å². The third-order valence-corrected chi connectivity index (χ3v) is 8.31. The van der Waals surface area contributed by atoms with E-state index in [-0.39, 0.29) is 41.6 Å². The van der Waals surface area contributed by atoms with Gasteiger partial charge in [-0.1, -0.05) is 29.3 Å². The number of nitrogens with zero attached hydrogens (tertiary/aromatic N) is 1. The van der Waals surface area contributed by atoms with Crippen molar-refractivity contribution in [1.29, 1.82) is 0 Å². The van der Waals surface area contributed by atoms with Crippen molar-refractivity contribution < 1.29 is 33.0 Å². The van der Waals surface area contributed by atoms with E-state index in [1.54, 1.807) is 42.5 Å². The molecular weight excluding hydrogens is 588 g/mol. The molecule has 3 saturated carbocycles.